The molecule has 0 atom stereocenters. The molecule has 2 aromatic carbocycles. The molecule has 0 aliphatic rings. The van der Waals surface area contributed by atoms with Crippen molar-refractivity contribution in [3.63, 3.8) is 0 Å². The summed E-state index contributed by atoms with van der Waals surface area (Å²) in [5, 5.41) is 20.7. The van der Waals surface area contributed by atoms with E-state index in [0.717, 1.165) is 34.5 Å². The number of hydrogen-bond donors (Lipinski definition) is 4. The molecule has 0 aliphatic heterocycles. The summed E-state index contributed by atoms with van der Waals surface area (Å²) in [6.45, 7) is 1.92. The summed E-state index contributed by atoms with van der Waals surface area (Å²) in [5.74, 6) is 3.52. The van der Waals surface area contributed by atoms with Crippen LogP contribution >= 0.6 is 0 Å². The zero-order valence-corrected chi connectivity index (χ0v) is 16.5. The Balaban J connectivity index is 2.06. The summed E-state index contributed by atoms with van der Waals surface area (Å²) in [6, 6.07) is 10.9. The highest BCUT2D eigenvalue weighted by Gasteiger charge is 2.22. The van der Waals surface area contributed by atoms with E-state index in [1.165, 1.54) is 18.2 Å². The van der Waals surface area contributed by atoms with Crippen LogP contribution in [0.2, 0.25) is 0 Å². The molecule has 0 heterocycles. The summed E-state index contributed by atoms with van der Waals surface area (Å²) in [6.07, 6.45) is 2.03. The number of hydrazine groups is 1. The second-order valence-corrected chi connectivity index (χ2v) is 6.73. The standard InChI is InChI=1S/C21H23N5O4/c1-13-11-14(5-2-3-10-22)8-9-15(13)12-26(24)21(30)25-19(27)18-16(20(28)29)6-4-7-17(18)23/h4,6-9,11H,2-3,5,12,23-24H2,1H3,(H,28,29)(H,25,27,30). The van der Waals surface area contributed by atoms with E-state index in [9.17, 15) is 19.5 Å². The van der Waals surface area contributed by atoms with Crippen LogP contribution in [0.5, 0.6) is 0 Å². The Labute approximate surface area is 173 Å². The Bertz CT molecular complexity index is 1010. The van der Waals surface area contributed by atoms with Gasteiger partial charge in [0.15, 0.2) is 0 Å². The lowest BCUT2D eigenvalue weighted by molar-refractivity contribution is 0.0690. The molecule has 30 heavy (non-hydrogen) atoms. The first kappa shape index (κ1) is 22.4. The monoisotopic (exact) mass is 409 g/mol. The van der Waals surface area contributed by atoms with Crippen molar-refractivity contribution in [2.75, 3.05) is 5.73 Å². The van der Waals surface area contributed by atoms with Crippen LogP contribution in [0.3, 0.4) is 0 Å². The number of hydrogen-bond acceptors (Lipinski definition) is 6. The van der Waals surface area contributed by atoms with E-state index in [4.69, 9.17) is 16.8 Å². The van der Waals surface area contributed by atoms with Gasteiger partial charge < -0.3 is 10.8 Å². The van der Waals surface area contributed by atoms with E-state index in [1.807, 2.05) is 25.1 Å². The number of nitrogens with zero attached hydrogens (tertiary/aromatic N) is 2. The maximum Gasteiger partial charge on any atom is 0.338 e. The molecule has 0 spiro atoms. The van der Waals surface area contributed by atoms with Gasteiger partial charge in [-0.2, -0.15) is 5.26 Å². The molecule has 0 saturated carbocycles. The van der Waals surface area contributed by atoms with Gasteiger partial charge in [0, 0.05) is 12.1 Å². The number of carboxylic acids is 1. The minimum atomic E-state index is -1.34. The first-order valence-electron chi connectivity index (χ1n) is 9.19. The van der Waals surface area contributed by atoms with Crippen molar-refractivity contribution < 1.29 is 19.5 Å². The molecule has 156 valence electrons. The van der Waals surface area contributed by atoms with Crippen LogP contribution in [-0.4, -0.2) is 28.0 Å². The highest BCUT2D eigenvalue weighted by Crippen LogP contribution is 2.18. The quantitative estimate of drug-likeness (QED) is 0.179. The Morgan fingerprint density at radius 3 is 2.60 bits per heavy atom. The number of benzene rings is 2. The SMILES string of the molecule is Cc1cc(CCCC#N)ccc1CN(N)C(=O)NC(=O)c1c(N)cccc1C(=O)O. The highest BCUT2D eigenvalue weighted by atomic mass is 16.4. The fourth-order valence-corrected chi connectivity index (χ4v) is 2.95. The lowest BCUT2D eigenvalue weighted by atomic mass is 10.0. The number of anilines is 1. The van der Waals surface area contributed by atoms with Gasteiger partial charge in [-0.25, -0.2) is 15.4 Å². The van der Waals surface area contributed by atoms with Crippen molar-refractivity contribution in [2.45, 2.75) is 32.7 Å². The Kier molecular flexibility index (Phi) is 7.50. The smallest absolute Gasteiger partial charge is 0.338 e. The normalized spacial score (nSPS) is 10.2. The van der Waals surface area contributed by atoms with Gasteiger partial charge in [0.25, 0.3) is 5.91 Å². The molecule has 0 bridgehead atoms. The fourth-order valence-electron chi connectivity index (χ4n) is 2.95. The van der Waals surface area contributed by atoms with Gasteiger partial charge in [-0.15, -0.1) is 0 Å². The number of imide groups is 1. The zero-order chi connectivity index (χ0) is 22.3. The number of carboxylic acid groups (broad SMARTS) is 1. The van der Waals surface area contributed by atoms with E-state index in [1.54, 1.807) is 0 Å². The predicted octanol–water partition coefficient (Wildman–Crippen LogP) is 2.35. The van der Waals surface area contributed by atoms with Crippen LogP contribution in [0.25, 0.3) is 0 Å². The van der Waals surface area contributed by atoms with Gasteiger partial charge in [0.2, 0.25) is 0 Å². The minimum absolute atomic E-state index is 0.0412. The number of nitrogen functional groups attached to an aromatic ring is 1. The zero-order valence-electron chi connectivity index (χ0n) is 16.5. The molecule has 9 heteroatoms. The molecule has 2 rings (SSSR count). The van der Waals surface area contributed by atoms with Gasteiger partial charge in [-0.05, 0) is 48.6 Å². The third kappa shape index (κ3) is 5.56. The Morgan fingerprint density at radius 2 is 1.97 bits per heavy atom. The highest BCUT2D eigenvalue weighted by molar-refractivity contribution is 6.12. The first-order valence-corrected chi connectivity index (χ1v) is 9.19. The number of urea groups is 1. The number of rotatable bonds is 7. The molecule has 9 nitrogen and oxygen atoms in total. The second kappa shape index (κ2) is 10.0. The van der Waals surface area contributed by atoms with Crippen molar-refractivity contribution in [1.29, 1.82) is 5.26 Å². The topological polar surface area (TPSA) is 163 Å². The molecule has 0 saturated heterocycles. The number of unbranched alkanes of at least 4 members (excludes halogenated alkanes) is 1. The van der Waals surface area contributed by atoms with Crippen molar-refractivity contribution in [1.82, 2.24) is 10.3 Å². The molecule has 3 amide bonds. The van der Waals surface area contributed by atoms with Crippen LogP contribution in [0, 0.1) is 18.3 Å². The average molecular weight is 409 g/mol. The average Bonchev–Trinajstić information content (AvgIpc) is 2.69. The summed E-state index contributed by atoms with van der Waals surface area (Å²) < 4.78 is 0. The number of carbonyl (C=O) groups excluding carboxylic acids is 2. The predicted molar refractivity (Wildman–Crippen MR) is 110 cm³/mol. The Hall–Kier alpha value is -3.90. The third-order valence-corrected chi connectivity index (χ3v) is 4.54. The summed E-state index contributed by atoms with van der Waals surface area (Å²) in [7, 11) is 0. The maximum atomic E-state index is 12.4. The largest absolute Gasteiger partial charge is 0.478 e. The summed E-state index contributed by atoms with van der Waals surface area (Å²) in [5.41, 5.74) is 7.82. The van der Waals surface area contributed by atoms with Crippen molar-refractivity contribution in [2.24, 2.45) is 5.84 Å². The molecule has 0 aliphatic carbocycles. The second-order valence-electron chi connectivity index (χ2n) is 6.73. The molecular weight excluding hydrogens is 386 g/mol. The first-order chi connectivity index (χ1) is 14.2. The number of nitrogens with two attached hydrogens (primary N) is 2. The summed E-state index contributed by atoms with van der Waals surface area (Å²) in [4.78, 5) is 36.1. The van der Waals surface area contributed by atoms with Crippen molar-refractivity contribution >= 4 is 23.6 Å². The molecule has 0 unspecified atom stereocenters. The molecule has 2 aromatic rings. The molecule has 0 aromatic heterocycles. The van der Waals surface area contributed by atoms with E-state index < -0.39 is 17.9 Å². The maximum absolute atomic E-state index is 12.4. The van der Waals surface area contributed by atoms with Crippen LogP contribution in [0.15, 0.2) is 36.4 Å². The van der Waals surface area contributed by atoms with Gasteiger partial charge >= 0.3 is 12.0 Å². The minimum Gasteiger partial charge on any atom is -0.478 e. The van der Waals surface area contributed by atoms with Crippen LogP contribution < -0.4 is 16.9 Å². The van der Waals surface area contributed by atoms with E-state index >= 15 is 0 Å². The lowest BCUT2D eigenvalue weighted by Gasteiger charge is -2.19. The molecule has 0 radical (unpaired) electrons. The molecule has 0 fully saturated rings. The fraction of sp³-hybridized carbons (Fsp3) is 0.238. The third-order valence-electron chi connectivity index (χ3n) is 4.54. The lowest BCUT2D eigenvalue weighted by Crippen LogP contribution is -2.46. The number of nitrogens with one attached hydrogen (secondary N) is 1. The number of amides is 3. The van der Waals surface area contributed by atoms with Crippen LogP contribution in [0.1, 0.15) is 50.2 Å². The van der Waals surface area contributed by atoms with Gasteiger partial charge in [-0.3, -0.25) is 15.1 Å². The van der Waals surface area contributed by atoms with Gasteiger partial charge in [0.05, 0.1) is 23.7 Å². The van der Waals surface area contributed by atoms with Crippen molar-refractivity contribution in [3.05, 3.63) is 64.2 Å². The molecular formula is C21H23N5O4. The Morgan fingerprint density at radius 1 is 1.23 bits per heavy atom. The van der Waals surface area contributed by atoms with Gasteiger partial charge in [0.1, 0.15) is 0 Å². The number of aryl methyl sites for hydroxylation is 2. The molecule has 6 N–H and O–H groups in total. The van der Waals surface area contributed by atoms with E-state index in [-0.39, 0.29) is 23.4 Å². The van der Waals surface area contributed by atoms with Gasteiger partial charge in [-0.1, -0.05) is 24.3 Å². The van der Waals surface area contributed by atoms with Crippen LogP contribution in [-0.2, 0) is 13.0 Å². The van der Waals surface area contributed by atoms with Crippen LogP contribution in [0.4, 0.5) is 10.5 Å². The summed E-state index contributed by atoms with van der Waals surface area (Å²) >= 11 is 0. The van der Waals surface area contributed by atoms with E-state index in [2.05, 4.69) is 11.4 Å². The van der Waals surface area contributed by atoms with Crippen molar-refractivity contribution in [3.8, 4) is 6.07 Å². The van der Waals surface area contributed by atoms with E-state index in [0.29, 0.717) is 6.42 Å². The number of nitriles is 1. The number of aromatic carboxylic acids is 1. The number of carbonyl (C=O) groups is 3.